The van der Waals surface area contributed by atoms with Gasteiger partial charge in [-0.1, -0.05) is 0 Å². The van der Waals surface area contributed by atoms with Gasteiger partial charge in [0.05, 0.1) is 11.9 Å². The zero-order chi connectivity index (χ0) is 10.2. The molecule has 5 nitrogen and oxygen atoms in total. The number of aliphatic hydroxyl groups excluding tert-OH is 3. The number of rotatable bonds is 2. The van der Waals surface area contributed by atoms with E-state index < -0.39 is 36.0 Å². The highest BCUT2D eigenvalue weighted by Crippen LogP contribution is 2.33. The summed E-state index contributed by atoms with van der Waals surface area (Å²) in [4.78, 5) is 0. The predicted molar refractivity (Wildman–Crippen MR) is 47.4 cm³/mol. The first-order valence-electron chi connectivity index (χ1n) is 3.98. The second kappa shape index (κ2) is 3.72. The second-order valence-electron chi connectivity index (χ2n) is 3.20. The number of aliphatic hydroxyl groups is 4. The molecule has 0 radical (unpaired) electrons. The van der Waals surface area contributed by atoms with Gasteiger partial charge in [-0.3, -0.25) is 0 Å². The van der Waals surface area contributed by atoms with Crippen LogP contribution in [-0.4, -0.2) is 56.4 Å². The highest BCUT2D eigenvalue weighted by molar-refractivity contribution is 7.81. The van der Waals surface area contributed by atoms with Crippen molar-refractivity contribution in [1.29, 1.82) is 0 Å². The summed E-state index contributed by atoms with van der Waals surface area (Å²) in [5.74, 6) is -1.89. The van der Waals surface area contributed by atoms with E-state index in [0.29, 0.717) is 0 Å². The van der Waals surface area contributed by atoms with Crippen LogP contribution in [0.1, 0.15) is 6.92 Å². The van der Waals surface area contributed by atoms with E-state index in [1.807, 2.05) is 0 Å². The molecule has 1 heterocycles. The van der Waals surface area contributed by atoms with Gasteiger partial charge in [-0.05, 0) is 6.92 Å². The summed E-state index contributed by atoms with van der Waals surface area (Å²) in [6.07, 6.45) is -3.70. The molecule has 1 saturated heterocycles. The van der Waals surface area contributed by atoms with Crippen molar-refractivity contribution in [1.82, 2.24) is 0 Å². The third-order valence-corrected chi connectivity index (χ3v) is 2.62. The maximum Gasteiger partial charge on any atom is 0.206 e. The van der Waals surface area contributed by atoms with Gasteiger partial charge in [-0.2, -0.15) is 12.6 Å². The van der Waals surface area contributed by atoms with Crippen LogP contribution in [0.4, 0.5) is 0 Å². The van der Waals surface area contributed by atoms with Crippen molar-refractivity contribution >= 4 is 12.6 Å². The fraction of sp³-hybridized carbons (Fsp3) is 1.00. The minimum Gasteiger partial charge on any atom is -0.394 e. The monoisotopic (exact) mass is 210 g/mol. The molecule has 0 aromatic rings. The standard InChI is InChI=1S/C7H14O5S/c1-3(13)7(11)6(10)5(9)4(2-8)12-7/h3-6,8-11,13H,2H2,1H3/t3?,4-,5-,6-,7?/m1/s1. The molecular formula is C7H14O5S. The molecule has 1 rings (SSSR count). The van der Waals surface area contributed by atoms with Crippen LogP contribution in [0, 0.1) is 0 Å². The molecule has 1 aliphatic rings. The Kier molecular flexibility index (Phi) is 3.21. The van der Waals surface area contributed by atoms with Gasteiger partial charge in [-0.25, -0.2) is 0 Å². The molecule has 13 heavy (non-hydrogen) atoms. The first-order valence-corrected chi connectivity index (χ1v) is 4.50. The molecule has 0 aromatic carbocycles. The van der Waals surface area contributed by atoms with Gasteiger partial charge in [0.1, 0.15) is 18.3 Å². The summed E-state index contributed by atoms with van der Waals surface area (Å²) in [6.45, 7) is 1.07. The Balaban J connectivity index is 2.81. The summed E-state index contributed by atoms with van der Waals surface area (Å²) in [6, 6.07) is 0. The topological polar surface area (TPSA) is 90.2 Å². The molecule has 0 spiro atoms. The zero-order valence-electron chi connectivity index (χ0n) is 7.16. The highest BCUT2D eigenvalue weighted by Gasteiger charge is 2.55. The molecule has 1 aliphatic heterocycles. The molecule has 0 bridgehead atoms. The Morgan fingerprint density at radius 2 is 2.08 bits per heavy atom. The van der Waals surface area contributed by atoms with Crippen molar-refractivity contribution in [3.8, 4) is 0 Å². The molecule has 5 atom stereocenters. The van der Waals surface area contributed by atoms with Gasteiger partial charge < -0.3 is 25.2 Å². The predicted octanol–water partition coefficient (Wildman–Crippen LogP) is -1.89. The molecule has 0 amide bonds. The molecule has 0 aromatic heterocycles. The molecule has 0 saturated carbocycles. The maximum absolute atomic E-state index is 9.69. The Bertz CT molecular complexity index is 188. The van der Waals surface area contributed by atoms with Crippen LogP contribution < -0.4 is 0 Å². The van der Waals surface area contributed by atoms with Crippen LogP contribution in [-0.2, 0) is 4.74 Å². The number of hydrogen-bond acceptors (Lipinski definition) is 6. The van der Waals surface area contributed by atoms with Gasteiger partial charge in [0.25, 0.3) is 0 Å². The van der Waals surface area contributed by atoms with Crippen LogP contribution in [0.2, 0.25) is 0 Å². The molecule has 0 aliphatic carbocycles. The fourth-order valence-corrected chi connectivity index (χ4v) is 1.53. The molecule has 78 valence electrons. The molecule has 1 fully saturated rings. The van der Waals surface area contributed by atoms with Crippen LogP contribution in [0.3, 0.4) is 0 Å². The fourth-order valence-electron chi connectivity index (χ4n) is 1.32. The van der Waals surface area contributed by atoms with E-state index in [9.17, 15) is 15.3 Å². The first kappa shape index (κ1) is 11.2. The SMILES string of the molecule is CC(S)C1(O)O[C@H](CO)[C@@H](O)[C@H]1O. The summed E-state index contributed by atoms with van der Waals surface area (Å²) < 4.78 is 4.91. The molecule has 2 unspecified atom stereocenters. The Labute approximate surface area is 81.4 Å². The number of hydrogen-bond donors (Lipinski definition) is 5. The molecule has 6 heteroatoms. The van der Waals surface area contributed by atoms with Crippen LogP contribution >= 0.6 is 12.6 Å². The lowest BCUT2D eigenvalue weighted by atomic mass is 10.0. The van der Waals surface area contributed by atoms with E-state index in [0.717, 1.165) is 0 Å². The van der Waals surface area contributed by atoms with E-state index in [2.05, 4.69) is 12.6 Å². The lowest BCUT2D eigenvalue weighted by Gasteiger charge is -2.29. The van der Waals surface area contributed by atoms with Crippen molar-refractivity contribution in [3.05, 3.63) is 0 Å². The van der Waals surface area contributed by atoms with Crippen LogP contribution in [0.5, 0.6) is 0 Å². The zero-order valence-corrected chi connectivity index (χ0v) is 8.06. The van der Waals surface area contributed by atoms with Crippen molar-refractivity contribution in [3.63, 3.8) is 0 Å². The normalized spacial score (nSPS) is 48.0. The maximum atomic E-state index is 9.69. The highest BCUT2D eigenvalue weighted by atomic mass is 32.1. The molecular weight excluding hydrogens is 196 g/mol. The van der Waals surface area contributed by atoms with Crippen molar-refractivity contribution in [2.24, 2.45) is 0 Å². The first-order chi connectivity index (χ1) is 5.93. The van der Waals surface area contributed by atoms with Crippen molar-refractivity contribution in [2.75, 3.05) is 6.61 Å². The van der Waals surface area contributed by atoms with E-state index in [1.165, 1.54) is 6.92 Å². The van der Waals surface area contributed by atoms with Gasteiger partial charge in [0.2, 0.25) is 5.79 Å². The van der Waals surface area contributed by atoms with Gasteiger partial charge in [-0.15, -0.1) is 0 Å². The smallest absolute Gasteiger partial charge is 0.206 e. The minimum absolute atomic E-state index is 0.457. The number of ether oxygens (including phenoxy) is 1. The van der Waals surface area contributed by atoms with E-state index in [4.69, 9.17) is 9.84 Å². The van der Waals surface area contributed by atoms with Gasteiger partial charge >= 0.3 is 0 Å². The number of thiol groups is 1. The van der Waals surface area contributed by atoms with Crippen LogP contribution in [0.25, 0.3) is 0 Å². The second-order valence-corrected chi connectivity index (χ2v) is 3.98. The Morgan fingerprint density at radius 3 is 2.31 bits per heavy atom. The minimum atomic E-state index is -1.89. The van der Waals surface area contributed by atoms with Gasteiger partial charge in [0.15, 0.2) is 0 Å². The van der Waals surface area contributed by atoms with E-state index >= 15 is 0 Å². The average Bonchev–Trinajstić information content (AvgIpc) is 2.31. The molecule has 4 N–H and O–H groups in total. The van der Waals surface area contributed by atoms with Gasteiger partial charge in [0, 0.05) is 0 Å². The quantitative estimate of drug-likeness (QED) is 0.344. The van der Waals surface area contributed by atoms with Crippen molar-refractivity contribution in [2.45, 2.75) is 36.3 Å². The Morgan fingerprint density at radius 1 is 1.54 bits per heavy atom. The third-order valence-electron chi connectivity index (χ3n) is 2.25. The summed E-state index contributed by atoms with van der Waals surface area (Å²) >= 11 is 3.93. The van der Waals surface area contributed by atoms with Crippen LogP contribution in [0.15, 0.2) is 0 Å². The van der Waals surface area contributed by atoms with Crippen molar-refractivity contribution < 1.29 is 25.2 Å². The van der Waals surface area contributed by atoms with E-state index in [-0.39, 0.29) is 0 Å². The average molecular weight is 210 g/mol. The Hall–Kier alpha value is 0.150. The third kappa shape index (κ3) is 1.70. The lowest BCUT2D eigenvalue weighted by molar-refractivity contribution is -0.227. The summed E-state index contributed by atoms with van der Waals surface area (Å²) in [5, 5.41) is 36.5. The largest absolute Gasteiger partial charge is 0.394 e. The van der Waals surface area contributed by atoms with E-state index in [1.54, 1.807) is 0 Å². The lowest BCUT2D eigenvalue weighted by Crippen LogP contribution is -2.49. The summed E-state index contributed by atoms with van der Waals surface area (Å²) in [7, 11) is 0. The summed E-state index contributed by atoms with van der Waals surface area (Å²) in [5.41, 5.74) is 0.